The Labute approximate surface area is 283 Å². The molecule has 6 N–H and O–H groups in total. The van der Waals surface area contributed by atoms with Crippen molar-refractivity contribution in [3.63, 3.8) is 0 Å². The van der Waals surface area contributed by atoms with Crippen molar-refractivity contribution in [2.75, 3.05) is 10.6 Å². The van der Waals surface area contributed by atoms with Crippen LogP contribution >= 0.6 is 0 Å². The van der Waals surface area contributed by atoms with Crippen molar-refractivity contribution in [3.8, 4) is 11.5 Å². The molecular formula is C33H24N6O9S2. The van der Waals surface area contributed by atoms with E-state index in [0.29, 0.717) is 11.4 Å². The number of nitrogens with one attached hydrogen (secondary N) is 2. The number of carbonyl (C=O) groups is 1. The van der Waals surface area contributed by atoms with Gasteiger partial charge in [-0.3, -0.25) is 9.11 Å². The number of aromatic hydroxyl groups is 2. The molecular weight excluding hydrogens is 689 g/mol. The van der Waals surface area contributed by atoms with E-state index in [0.717, 1.165) is 12.1 Å². The Morgan fingerprint density at radius 3 is 1.24 bits per heavy atom. The minimum absolute atomic E-state index is 0.0113. The van der Waals surface area contributed by atoms with Crippen molar-refractivity contribution < 1.29 is 40.9 Å². The van der Waals surface area contributed by atoms with Gasteiger partial charge in [0.05, 0.1) is 11.4 Å². The number of fused-ring (bicyclic) bond motifs is 2. The lowest BCUT2D eigenvalue weighted by molar-refractivity contribution is 0.262. The highest BCUT2D eigenvalue weighted by Crippen LogP contribution is 2.42. The molecule has 0 saturated heterocycles. The fourth-order valence-corrected chi connectivity index (χ4v) is 6.38. The maximum Gasteiger partial charge on any atom is 0.323 e. The molecule has 0 aliphatic carbocycles. The zero-order valence-corrected chi connectivity index (χ0v) is 27.0. The monoisotopic (exact) mass is 712 g/mol. The first kappa shape index (κ1) is 33.6. The van der Waals surface area contributed by atoms with Gasteiger partial charge < -0.3 is 20.8 Å². The summed E-state index contributed by atoms with van der Waals surface area (Å²) in [6, 6.07) is 25.7. The lowest BCUT2D eigenvalue weighted by Crippen LogP contribution is -2.19. The third-order valence-corrected chi connectivity index (χ3v) is 9.02. The van der Waals surface area contributed by atoms with Gasteiger partial charge in [0.1, 0.15) is 21.2 Å². The maximum atomic E-state index is 13.0. The molecule has 17 heteroatoms. The summed E-state index contributed by atoms with van der Waals surface area (Å²) in [6.07, 6.45) is 0. The average molecular weight is 713 g/mol. The second-order valence-electron chi connectivity index (χ2n) is 10.6. The minimum atomic E-state index is -4.85. The van der Waals surface area contributed by atoms with Crippen LogP contribution in [0.25, 0.3) is 21.5 Å². The van der Waals surface area contributed by atoms with Crippen LogP contribution in [0.4, 0.5) is 38.9 Å². The molecule has 2 amide bonds. The van der Waals surface area contributed by atoms with Gasteiger partial charge >= 0.3 is 6.03 Å². The molecule has 0 bridgehead atoms. The molecule has 0 aromatic heterocycles. The van der Waals surface area contributed by atoms with Crippen LogP contribution in [-0.4, -0.2) is 42.2 Å². The number of benzene rings is 6. The molecule has 0 fully saturated rings. The summed E-state index contributed by atoms with van der Waals surface area (Å²) in [5, 5.41) is 42.2. The molecule has 6 aromatic carbocycles. The summed E-state index contributed by atoms with van der Waals surface area (Å²) in [5.74, 6) is -0.858. The lowest BCUT2D eigenvalue weighted by atomic mass is 10.1. The average Bonchev–Trinajstić information content (AvgIpc) is 3.07. The highest BCUT2D eigenvalue weighted by molar-refractivity contribution is 7.86. The van der Waals surface area contributed by atoms with Crippen molar-refractivity contribution in [2.24, 2.45) is 20.5 Å². The van der Waals surface area contributed by atoms with E-state index in [1.54, 1.807) is 60.7 Å². The number of anilines is 2. The Kier molecular flexibility index (Phi) is 8.96. The van der Waals surface area contributed by atoms with Gasteiger partial charge in [-0.15, -0.1) is 10.2 Å². The number of rotatable bonds is 8. The highest BCUT2D eigenvalue weighted by Gasteiger charge is 2.22. The standard InChI is InChI=1S/C33H24N6O9S2/c40-31-23-13-11-21(15-25(23)29(49(43,44)45)17-27(31)38-36-19-7-3-1-4-8-19)34-33(42)35-22-12-14-24-26(16-22)30(50(46,47)48)18-28(32(24)41)39-37-20-9-5-2-6-10-20/h1-18,40-41H,(H2,34,35,42)(H,43,44,45)(H,46,47,48). The molecule has 50 heavy (non-hydrogen) atoms. The Morgan fingerprint density at radius 1 is 0.500 bits per heavy atom. The lowest BCUT2D eigenvalue weighted by Gasteiger charge is -2.13. The molecule has 15 nitrogen and oxygen atoms in total. The molecule has 0 atom stereocenters. The molecule has 0 heterocycles. The van der Waals surface area contributed by atoms with Gasteiger partial charge in [0, 0.05) is 32.9 Å². The molecule has 0 spiro atoms. The van der Waals surface area contributed by atoms with Gasteiger partial charge in [-0.05, 0) is 72.8 Å². The van der Waals surface area contributed by atoms with E-state index < -0.39 is 47.6 Å². The van der Waals surface area contributed by atoms with E-state index in [4.69, 9.17) is 0 Å². The Hall–Kier alpha value is -6.27. The smallest absolute Gasteiger partial charge is 0.323 e. The number of nitrogens with zero attached hydrogens (tertiary/aromatic N) is 4. The Morgan fingerprint density at radius 2 is 0.880 bits per heavy atom. The van der Waals surface area contributed by atoms with Crippen LogP contribution in [0.5, 0.6) is 11.5 Å². The number of phenolic OH excluding ortho intramolecular Hbond substituents is 2. The zero-order chi connectivity index (χ0) is 35.6. The van der Waals surface area contributed by atoms with E-state index >= 15 is 0 Å². The number of carbonyl (C=O) groups excluding carboxylic acids is 1. The number of amides is 2. The fraction of sp³-hybridized carbons (Fsp3) is 0. The van der Waals surface area contributed by atoms with Crippen molar-refractivity contribution >= 4 is 81.9 Å². The van der Waals surface area contributed by atoms with Crippen LogP contribution in [0.15, 0.2) is 139 Å². The molecule has 0 radical (unpaired) electrons. The third kappa shape index (κ3) is 7.25. The first-order valence-electron chi connectivity index (χ1n) is 14.3. The van der Waals surface area contributed by atoms with Crippen molar-refractivity contribution in [3.05, 3.63) is 109 Å². The number of hydrogen-bond donors (Lipinski definition) is 6. The van der Waals surface area contributed by atoms with Gasteiger partial charge in [0.15, 0.2) is 11.5 Å². The van der Waals surface area contributed by atoms with E-state index in [1.807, 2.05) is 0 Å². The third-order valence-electron chi connectivity index (χ3n) is 7.23. The largest absolute Gasteiger partial charge is 0.505 e. The van der Waals surface area contributed by atoms with Crippen LogP contribution in [0, 0.1) is 0 Å². The predicted molar refractivity (Wildman–Crippen MR) is 185 cm³/mol. The quantitative estimate of drug-likeness (QED) is 0.0655. The van der Waals surface area contributed by atoms with Crippen LogP contribution in [0.1, 0.15) is 0 Å². The SMILES string of the molecule is O=C(Nc1ccc2c(O)c(N=Nc3ccccc3)cc(S(=O)(=O)O)c2c1)Nc1ccc2c(O)c(N=Nc3ccccc3)cc(S(=O)(=O)O)c2c1. The van der Waals surface area contributed by atoms with Gasteiger partial charge in [-0.25, -0.2) is 4.79 Å². The van der Waals surface area contributed by atoms with E-state index in [1.165, 1.54) is 36.4 Å². The van der Waals surface area contributed by atoms with Crippen molar-refractivity contribution in [2.45, 2.75) is 9.79 Å². The summed E-state index contributed by atoms with van der Waals surface area (Å²) >= 11 is 0. The highest BCUT2D eigenvalue weighted by atomic mass is 32.2. The summed E-state index contributed by atoms with van der Waals surface area (Å²) in [6.45, 7) is 0. The van der Waals surface area contributed by atoms with Gasteiger partial charge in [0.2, 0.25) is 0 Å². The number of phenols is 2. The molecule has 6 rings (SSSR count). The van der Waals surface area contributed by atoms with Crippen LogP contribution in [-0.2, 0) is 20.2 Å². The maximum absolute atomic E-state index is 13.0. The predicted octanol–water partition coefficient (Wildman–Crippen LogP) is 8.37. The Balaban J connectivity index is 1.30. The zero-order valence-electron chi connectivity index (χ0n) is 25.3. The first-order valence-corrected chi connectivity index (χ1v) is 17.2. The van der Waals surface area contributed by atoms with Gasteiger partial charge in [-0.1, -0.05) is 36.4 Å². The number of hydrogen-bond acceptors (Lipinski definition) is 11. The van der Waals surface area contributed by atoms with Gasteiger partial charge in [-0.2, -0.15) is 27.1 Å². The van der Waals surface area contributed by atoms with Crippen molar-refractivity contribution in [1.29, 1.82) is 0 Å². The fourth-order valence-electron chi connectivity index (χ4n) is 4.97. The number of urea groups is 1. The van der Waals surface area contributed by atoms with E-state index in [2.05, 4.69) is 31.1 Å². The topological polar surface area (TPSA) is 240 Å². The van der Waals surface area contributed by atoms with Crippen LogP contribution < -0.4 is 10.6 Å². The first-order chi connectivity index (χ1) is 23.8. The molecule has 0 saturated carbocycles. The van der Waals surface area contributed by atoms with Gasteiger partial charge in [0.25, 0.3) is 20.2 Å². The number of azo groups is 2. The summed E-state index contributed by atoms with van der Waals surface area (Å²) < 4.78 is 69.2. The normalized spacial score (nSPS) is 12.2. The molecule has 6 aromatic rings. The van der Waals surface area contributed by atoms with Crippen molar-refractivity contribution in [1.82, 2.24) is 0 Å². The van der Waals surface area contributed by atoms with Crippen LogP contribution in [0.2, 0.25) is 0 Å². The second kappa shape index (κ2) is 13.3. The Bertz CT molecular complexity index is 2400. The minimum Gasteiger partial charge on any atom is -0.505 e. The van der Waals surface area contributed by atoms with Crippen LogP contribution in [0.3, 0.4) is 0 Å². The molecule has 0 aliphatic heterocycles. The summed E-state index contributed by atoms with van der Waals surface area (Å²) in [7, 11) is -9.70. The molecule has 0 aliphatic rings. The van der Waals surface area contributed by atoms with E-state index in [9.17, 15) is 40.9 Å². The molecule has 252 valence electrons. The summed E-state index contributed by atoms with van der Waals surface area (Å²) in [4.78, 5) is 11.8. The van der Waals surface area contributed by atoms with E-state index in [-0.39, 0.29) is 44.3 Å². The second-order valence-corrected chi connectivity index (χ2v) is 13.4. The molecule has 0 unspecified atom stereocenters. The summed E-state index contributed by atoms with van der Waals surface area (Å²) in [5.41, 5.74) is 0.486.